The standard InChI is InChI=1S/C17H15ClFNO3/c1-17(16(22)23,11-5-3-2-4-6-11)10-15(21)20-14-9-12(18)7-8-13(14)19/h2-9H,10H2,1H3,(H,20,21)(H,22,23). The maximum absolute atomic E-state index is 13.7. The van der Waals surface area contributed by atoms with E-state index < -0.39 is 23.1 Å². The number of carboxylic acids is 1. The lowest BCUT2D eigenvalue weighted by Crippen LogP contribution is -2.36. The quantitative estimate of drug-likeness (QED) is 0.872. The van der Waals surface area contributed by atoms with E-state index in [4.69, 9.17) is 11.6 Å². The second-order valence-electron chi connectivity index (χ2n) is 5.35. The van der Waals surface area contributed by atoms with Crippen molar-refractivity contribution >= 4 is 29.2 Å². The third-order valence-electron chi connectivity index (χ3n) is 3.60. The molecule has 4 nitrogen and oxygen atoms in total. The minimum Gasteiger partial charge on any atom is -0.481 e. The van der Waals surface area contributed by atoms with Crippen LogP contribution >= 0.6 is 11.6 Å². The topological polar surface area (TPSA) is 66.4 Å². The first kappa shape index (κ1) is 17.0. The number of rotatable bonds is 5. The third-order valence-corrected chi connectivity index (χ3v) is 3.83. The van der Waals surface area contributed by atoms with Crippen molar-refractivity contribution in [1.29, 1.82) is 0 Å². The Morgan fingerprint density at radius 1 is 1.22 bits per heavy atom. The number of carbonyl (C=O) groups excluding carboxylic acids is 1. The van der Waals surface area contributed by atoms with Crippen LogP contribution in [0.25, 0.3) is 0 Å². The van der Waals surface area contributed by atoms with Crippen molar-refractivity contribution in [3.05, 3.63) is 64.9 Å². The molecular formula is C17H15ClFNO3. The van der Waals surface area contributed by atoms with Crippen LogP contribution in [0.1, 0.15) is 18.9 Å². The average molecular weight is 336 g/mol. The van der Waals surface area contributed by atoms with Crippen LogP contribution in [0.5, 0.6) is 0 Å². The lowest BCUT2D eigenvalue weighted by atomic mass is 9.79. The Bertz CT molecular complexity index is 736. The predicted molar refractivity (Wildman–Crippen MR) is 86.1 cm³/mol. The Hall–Kier alpha value is -2.40. The van der Waals surface area contributed by atoms with E-state index in [9.17, 15) is 19.1 Å². The summed E-state index contributed by atoms with van der Waals surface area (Å²) in [4.78, 5) is 23.8. The van der Waals surface area contributed by atoms with E-state index in [1.54, 1.807) is 30.3 Å². The molecular weight excluding hydrogens is 321 g/mol. The summed E-state index contributed by atoms with van der Waals surface area (Å²) < 4.78 is 13.7. The van der Waals surface area contributed by atoms with E-state index in [1.807, 2.05) is 0 Å². The van der Waals surface area contributed by atoms with Crippen molar-refractivity contribution in [3.8, 4) is 0 Å². The highest BCUT2D eigenvalue weighted by molar-refractivity contribution is 6.30. The van der Waals surface area contributed by atoms with Gasteiger partial charge < -0.3 is 10.4 Å². The molecule has 2 rings (SSSR count). The van der Waals surface area contributed by atoms with Crippen LogP contribution in [0.2, 0.25) is 5.02 Å². The summed E-state index contributed by atoms with van der Waals surface area (Å²) in [5.41, 5.74) is -1.00. The van der Waals surface area contributed by atoms with Crippen LogP contribution in [0, 0.1) is 5.82 Å². The molecule has 0 aliphatic rings. The van der Waals surface area contributed by atoms with Gasteiger partial charge in [0, 0.05) is 11.4 Å². The summed E-state index contributed by atoms with van der Waals surface area (Å²) in [5.74, 6) is -2.38. The van der Waals surface area contributed by atoms with E-state index in [0.29, 0.717) is 5.56 Å². The highest BCUT2D eigenvalue weighted by Gasteiger charge is 2.37. The first-order valence-corrected chi connectivity index (χ1v) is 7.24. The second-order valence-corrected chi connectivity index (χ2v) is 5.79. The monoisotopic (exact) mass is 335 g/mol. The first-order valence-electron chi connectivity index (χ1n) is 6.87. The zero-order chi connectivity index (χ0) is 17.0. The van der Waals surface area contributed by atoms with Gasteiger partial charge in [0.25, 0.3) is 0 Å². The van der Waals surface area contributed by atoms with Gasteiger partial charge >= 0.3 is 5.97 Å². The number of nitrogens with one attached hydrogen (secondary N) is 1. The average Bonchev–Trinajstić information content (AvgIpc) is 2.51. The smallest absolute Gasteiger partial charge is 0.314 e. The molecule has 2 aromatic carbocycles. The summed E-state index contributed by atoms with van der Waals surface area (Å²) >= 11 is 5.77. The number of carboxylic acid groups (broad SMARTS) is 1. The largest absolute Gasteiger partial charge is 0.481 e. The molecule has 0 aliphatic heterocycles. The van der Waals surface area contributed by atoms with Crippen molar-refractivity contribution < 1.29 is 19.1 Å². The van der Waals surface area contributed by atoms with Crippen LogP contribution in [0.3, 0.4) is 0 Å². The zero-order valence-corrected chi connectivity index (χ0v) is 13.1. The Morgan fingerprint density at radius 3 is 2.48 bits per heavy atom. The van der Waals surface area contributed by atoms with Crippen molar-refractivity contribution in [1.82, 2.24) is 0 Å². The van der Waals surface area contributed by atoms with Gasteiger partial charge in [-0.3, -0.25) is 9.59 Å². The Kier molecular flexibility index (Phi) is 5.01. The summed E-state index contributed by atoms with van der Waals surface area (Å²) in [5, 5.41) is 12.2. The molecule has 1 unspecified atom stereocenters. The van der Waals surface area contributed by atoms with E-state index in [-0.39, 0.29) is 17.1 Å². The Morgan fingerprint density at radius 2 is 1.87 bits per heavy atom. The fourth-order valence-corrected chi connectivity index (χ4v) is 2.39. The SMILES string of the molecule is CC(CC(=O)Nc1cc(Cl)ccc1F)(C(=O)O)c1ccccc1. The number of amides is 1. The molecule has 0 aliphatic carbocycles. The lowest BCUT2D eigenvalue weighted by Gasteiger charge is -2.24. The Balaban J connectivity index is 2.22. The zero-order valence-electron chi connectivity index (χ0n) is 12.3. The fraction of sp³-hybridized carbons (Fsp3) is 0.176. The van der Waals surface area contributed by atoms with Crippen molar-refractivity contribution in [2.24, 2.45) is 0 Å². The molecule has 0 spiro atoms. The molecule has 0 saturated heterocycles. The van der Waals surface area contributed by atoms with Crippen LogP contribution in [-0.4, -0.2) is 17.0 Å². The van der Waals surface area contributed by atoms with E-state index >= 15 is 0 Å². The number of carbonyl (C=O) groups is 2. The summed E-state index contributed by atoms with van der Waals surface area (Å²) in [6.07, 6.45) is -0.335. The van der Waals surface area contributed by atoms with E-state index in [0.717, 1.165) is 6.07 Å². The van der Waals surface area contributed by atoms with Crippen LogP contribution in [0.4, 0.5) is 10.1 Å². The number of benzene rings is 2. The van der Waals surface area contributed by atoms with Gasteiger partial charge in [0.15, 0.2) is 0 Å². The van der Waals surface area contributed by atoms with Gasteiger partial charge in [-0.25, -0.2) is 4.39 Å². The van der Waals surface area contributed by atoms with E-state index in [1.165, 1.54) is 19.1 Å². The van der Waals surface area contributed by atoms with Crippen molar-refractivity contribution in [3.63, 3.8) is 0 Å². The number of anilines is 1. The highest BCUT2D eigenvalue weighted by atomic mass is 35.5. The lowest BCUT2D eigenvalue weighted by molar-refractivity contribution is -0.145. The molecule has 0 bridgehead atoms. The number of halogens is 2. The van der Waals surface area contributed by atoms with Gasteiger partial charge in [0.05, 0.1) is 11.1 Å². The molecule has 2 N–H and O–H groups in total. The highest BCUT2D eigenvalue weighted by Crippen LogP contribution is 2.29. The molecule has 1 atom stereocenters. The molecule has 0 aromatic heterocycles. The van der Waals surface area contributed by atoms with Gasteiger partial charge in [-0.05, 0) is 30.7 Å². The molecule has 0 saturated carbocycles. The predicted octanol–water partition coefficient (Wildman–Crippen LogP) is 3.85. The van der Waals surface area contributed by atoms with Crippen LogP contribution in [-0.2, 0) is 15.0 Å². The first-order chi connectivity index (χ1) is 10.8. The molecule has 120 valence electrons. The molecule has 2 aromatic rings. The van der Waals surface area contributed by atoms with Crippen molar-refractivity contribution in [2.75, 3.05) is 5.32 Å². The summed E-state index contributed by atoms with van der Waals surface area (Å²) in [7, 11) is 0. The van der Waals surface area contributed by atoms with Crippen LogP contribution < -0.4 is 5.32 Å². The van der Waals surface area contributed by atoms with Gasteiger partial charge in [-0.1, -0.05) is 41.9 Å². The molecule has 0 heterocycles. The van der Waals surface area contributed by atoms with Crippen LogP contribution in [0.15, 0.2) is 48.5 Å². The number of hydrogen-bond donors (Lipinski definition) is 2. The Labute approximate surface area is 137 Å². The second kappa shape index (κ2) is 6.79. The molecule has 0 fully saturated rings. The maximum Gasteiger partial charge on any atom is 0.314 e. The minimum absolute atomic E-state index is 0.0803. The fourth-order valence-electron chi connectivity index (χ4n) is 2.22. The molecule has 1 amide bonds. The summed E-state index contributed by atoms with van der Waals surface area (Å²) in [6.45, 7) is 1.46. The maximum atomic E-state index is 13.7. The number of hydrogen-bond acceptors (Lipinski definition) is 2. The van der Waals surface area contributed by atoms with Gasteiger partial charge in [0.1, 0.15) is 5.82 Å². The molecule has 23 heavy (non-hydrogen) atoms. The van der Waals surface area contributed by atoms with Gasteiger partial charge in [-0.2, -0.15) is 0 Å². The van der Waals surface area contributed by atoms with E-state index in [2.05, 4.69) is 5.32 Å². The summed E-state index contributed by atoms with van der Waals surface area (Å²) in [6, 6.07) is 12.2. The number of aliphatic carboxylic acids is 1. The molecule has 0 radical (unpaired) electrons. The molecule has 6 heteroatoms. The third kappa shape index (κ3) is 3.87. The van der Waals surface area contributed by atoms with Gasteiger partial charge in [0.2, 0.25) is 5.91 Å². The van der Waals surface area contributed by atoms with Crippen molar-refractivity contribution in [2.45, 2.75) is 18.8 Å². The van der Waals surface area contributed by atoms with Gasteiger partial charge in [-0.15, -0.1) is 0 Å². The normalized spacial score (nSPS) is 13.2. The minimum atomic E-state index is -1.42.